The van der Waals surface area contributed by atoms with E-state index >= 15 is 0 Å². The van der Waals surface area contributed by atoms with Gasteiger partial charge in [0, 0.05) is 6.42 Å². The Morgan fingerprint density at radius 1 is 0.550 bits per heavy atom. The zero-order valence-electron chi connectivity index (χ0n) is 21.7. The van der Waals surface area contributed by atoms with Crippen molar-refractivity contribution in [3.63, 3.8) is 0 Å². The fourth-order valence-electron chi connectivity index (χ4n) is 4.73. The Morgan fingerprint density at radius 3 is 1.35 bits per heavy atom. The van der Waals surface area contributed by atoms with Gasteiger partial charge in [0.2, 0.25) is 0 Å². The summed E-state index contributed by atoms with van der Waals surface area (Å²) in [5.41, 5.74) is 0.518. The molecule has 0 radical (unpaired) electrons. The van der Waals surface area contributed by atoms with Crippen molar-refractivity contribution in [1.29, 1.82) is 0 Å². The normalized spacial score (nSPS) is 12.7. The van der Waals surface area contributed by atoms with Crippen LogP contribution in [0.15, 0.2) is 115 Å². The lowest BCUT2D eigenvalue weighted by molar-refractivity contribution is -0.175. The Bertz CT molecular complexity index is 1430. The van der Waals surface area contributed by atoms with E-state index in [1.807, 2.05) is 42.5 Å². The minimum atomic E-state index is -2.02. The van der Waals surface area contributed by atoms with Crippen LogP contribution in [0.4, 0.5) is 0 Å². The molecule has 0 unspecified atom stereocenters. The van der Waals surface area contributed by atoms with Gasteiger partial charge in [-0.1, -0.05) is 103 Å². The highest BCUT2D eigenvalue weighted by Crippen LogP contribution is 2.33. The van der Waals surface area contributed by atoms with Crippen molar-refractivity contribution in [3.8, 4) is 0 Å². The number of carbonyl (C=O) groups excluding carboxylic acids is 4. The number of ether oxygens (including phenoxy) is 2. The van der Waals surface area contributed by atoms with Gasteiger partial charge in [-0.3, -0.25) is 24.1 Å². The van der Waals surface area contributed by atoms with Crippen molar-refractivity contribution in [1.82, 2.24) is 4.90 Å². The van der Waals surface area contributed by atoms with Crippen molar-refractivity contribution in [2.45, 2.75) is 19.6 Å². The Balaban J connectivity index is 1.52. The van der Waals surface area contributed by atoms with Gasteiger partial charge in [0.1, 0.15) is 13.2 Å². The van der Waals surface area contributed by atoms with E-state index in [0.29, 0.717) is 5.56 Å². The molecule has 0 aromatic heterocycles. The SMILES string of the molecule is O=C1c2ccccc2C(=O)N1CC(Cc1ccccc1)(C(=O)OCc1ccccc1)C(=O)OCc1ccccc1. The van der Waals surface area contributed by atoms with Gasteiger partial charge >= 0.3 is 11.9 Å². The van der Waals surface area contributed by atoms with Gasteiger partial charge < -0.3 is 9.47 Å². The zero-order valence-corrected chi connectivity index (χ0v) is 21.7. The molecule has 2 amide bonds. The lowest BCUT2D eigenvalue weighted by Gasteiger charge is -2.32. The lowest BCUT2D eigenvalue weighted by atomic mass is 9.80. The summed E-state index contributed by atoms with van der Waals surface area (Å²) in [6.07, 6.45) is -0.136. The fourth-order valence-corrected chi connectivity index (χ4v) is 4.73. The summed E-state index contributed by atoms with van der Waals surface area (Å²) in [6.45, 7) is -0.718. The van der Waals surface area contributed by atoms with Crippen LogP contribution in [0.2, 0.25) is 0 Å². The molecular weight excluding hydrogens is 506 g/mol. The van der Waals surface area contributed by atoms with Crippen LogP contribution in [0.3, 0.4) is 0 Å². The first-order chi connectivity index (χ1) is 19.5. The van der Waals surface area contributed by atoms with Crippen molar-refractivity contribution in [3.05, 3.63) is 143 Å². The van der Waals surface area contributed by atoms with Crippen LogP contribution in [0.25, 0.3) is 0 Å². The van der Waals surface area contributed by atoms with Crippen LogP contribution in [0, 0.1) is 5.41 Å². The number of hydrogen-bond acceptors (Lipinski definition) is 6. The van der Waals surface area contributed by atoms with Gasteiger partial charge in [-0.25, -0.2) is 0 Å². The molecule has 0 atom stereocenters. The van der Waals surface area contributed by atoms with Crippen molar-refractivity contribution in [2.75, 3.05) is 6.54 Å². The first kappa shape index (κ1) is 26.6. The van der Waals surface area contributed by atoms with Gasteiger partial charge in [-0.05, 0) is 28.8 Å². The van der Waals surface area contributed by atoms with Crippen molar-refractivity contribution < 1.29 is 28.7 Å². The number of nitrogens with zero attached hydrogens (tertiary/aromatic N) is 1. The Morgan fingerprint density at radius 2 is 0.925 bits per heavy atom. The monoisotopic (exact) mass is 533 g/mol. The summed E-state index contributed by atoms with van der Waals surface area (Å²) in [6, 6.07) is 33.5. The van der Waals surface area contributed by atoms with E-state index in [0.717, 1.165) is 16.0 Å². The number of fused-ring (bicyclic) bond motifs is 1. The second-order valence-electron chi connectivity index (χ2n) is 9.61. The summed E-state index contributed by atoms with van der Waals surface area (Å²) in [4.78, 5) is 55.6. The van der Waals surface area contributed by atoms with Crippen molar-refractivity contribution in [2.24, 2.45) is 5.41 Å². The van der Waals surface area contributed by atoms with Crippen LogP contribution >= 0.6 is 0 Å². The third-order valence-electron chi connectivity index (χ3n) is 6.86. The smallest absolute Gasteiger partial charge is 0.326 e. The molecule has 1 heterocycles. The van der Waals surface area contributed by atoms with Gasteiger partial charge in [-0.15, -0.1) is 0 Å². The molecular formula is C33H27NO6. The number of hydrogen-bond donors (Lipinski definition) is 0. The molecule has 0 spiro atoms. The predicted molar refractivity (Wildman–Crippen MR) is 147 cm³/mol. The van der Waals surface area contributed by atoms with Crippen molar-refractivity contribution >= 4 is 23.8 Å². The molecule has 7 nitrogen and oxygen atoms in total. The first-order valence-electron chi connectivity index (χ1n) is 12.9. The van der Waals surface area contributed by atoms with Crippen LogP contribution in [0.5, 0.6) is 0 Å². The summed E-state index contributed by atoms with van der Waals surface area (Å²) in [5, 5.41) is 0. The van der Waals surface area contributed by atoms with Gasteiger partial charge in [-0.2, -0.15) is 0 Å². The molecule has 0 saturated heterocycles. The number of esters is 2. The van der Waals surface area contributed by atoms with E-state index in [-0.39, 0.29) is 30.8 Å². The van der Waals surface area contributed by atoms with E-state index in [2.05, 4.69) is 0 Å². The van der Waals surface area contributed by atoms with Crippen LogP contribution in [0.1, 0.15) is 37.4 Å². The third-order valence-corrected chi connectivity index (χ3v) is 6.86. The average molecular weight is 534 g/mol. The highest BCUT2D eigenvalue weighted by Gasteiger charge is 2.53. The standard InChI is InChI=1S/C33H27NO6/c35-29-27-18-10-11-19-28(27)30(36)34(29)23-33(20-24-12-4-1-5-13-24,31(37)39-21-25-14-6-2-7-15-25)32(38)40-22-26-16-8-3-9-17-26/h1-19H,20-23H2. The third kappa shape index (κ3) is 5.54. The molecule has 0 bridgehead atoms. The zero-order chi connectivity index (χ0) is 28.0. The molecule has 0 saturated carbocycles. The summed E-state index contributed by atoms with van der Waals surface area (Å²) in [5.74, 6) is -2.92. The first-order valence-corrected chi connectivity index (χ1v) is 12.9. The molecule has 1 aliphatic heterocycles. The maximum Gasteiger partial charge on any atom is 0.326 e. The Labute approximate surface area is 232 Å². The second-order valence-corrected chi connectivity index (χ2v) is 9.61. The van der Waals surface area contributed by atoms with Crippen LogP contribution in [-0.2, 0) is 38.7 Å². The topological polar surface area (TPSA) is 90.0 Å². The summed E-state index contributed by atoms with van der Waals surface area (Å²) in [7, 11) is 0. The Hall–Kier alpha value is -5.04. The maximum absolute atomic E-state index is 14.0. The molecule has 200 valence electrons. The fraction of sp³-hybridized carbons (Fsp3) is 0.152. The number of rotatable bonds is 10. The molecule has 40 heavy (non-hydrogen) atoms. The molecule has 0 aliphatic carbocycles. The largest absolute Gasteiger partial charge is 0.460 e. The summed E-state index contributed by atoms with van der Waals surface area (Å²) < 4.78 is 11.4. The lowest BCUT2D eigenvalue weighted by Crippen LogP contribution is -2.53. The van der Waals surface area contributed by atoms with E-state index < -0.39 is 35.7 Å². The molecule has 1 aliphatic rings. The van der Waals surface area contributed by atoms with Crippen LogP contribution < -0.4 is 0 Å². The van der Waals surface area contributed by atoms with E-state index in [1.165, 1.54) is 0 Å². The number of benzene rings is 4. The predicted octanol–water partition coefficient (Wildman–Crippen LogP) is 5.00. The minimum Gasteiger partial charge on any atom is -0.460 e. The van der Waals surface area contributed by atoms with Gasteiger partial charge in [0.05, 0.1) is 17.7 Å². The molecule has 4 aromatic rings. The molecule has 7 heteroatoms. The average Bonchev–Trinajstić information content (AvgIpc) is 3.24. The minimum absolute atomic E-state index is 0.0930. The highest BCUT2D eigenvalue weighted by atomic mass is 16.6. The second kappa shape index (κ2) is 11.8. The number of carbonyl (C=O) groups is 4. The van der Waals surface area contributed by atoms with E-state index in [1.54, 1.807) is 72.8 Å². The number of imide groups is 1. The van der Waals surface area contributed by atoms with Crippen LogP contribution in [-0.4, -0.2) is 35.2 Å². The van der Waals surface area contributed by atoms with Gasteiger partial charge in [0.15, 0.2) is 5.41 Å². The van der Waals surface area contributed by atoms with Gasteiger partial charge in [0.25, 0.3) is 11.8 Å². The van der Waals surface area contributed by atoms with E-state index in [9.17, 15) is 19.2 Å². The Kier molecular flexibility index (Phi) is 7.82. The maximum atomic E-state index is 14.0. The summed E-state index contributed by atoms with van der Waals surface area (Å²) >= 11 is 0. The quantitative estimate of drug-likeness (QED) is 0.162. The highest BCUT2D eigenvalue weighted by molar-refractivity contribution is 6.21. The number of amides is 2. The van der Waals surface area contributed by atoms with E-state index in [4.69, 9.17) is 9.47 Å². The molecule has 4 aromatic carbocycles. The molecule has 0 N–H and O–H groups in total. The molecule has 5 rings (SSSR count). The molecule has 0 fully saturated rings.